The van der Waals surface area contributed by atoms with Crippen molar-refractivity contribution in [1.82, 2.24) is 9.55 Å². The van der Waals surface area contributed by atoms with Crippen molar-refractivity contribution in [1.29, 1.82) is 0 Å². The van der Waals surface area contributed by atoms with E-state index >= 15 is 0 Å². The SMILES string of the molecule is Cc1c(C)n(Cc2ccccc2Cl)c2c(OCCC(C)C)nccc12. The van der Waals surface area contributed by atoms with Gasteiger partial charge in [-0.3, -0.25) is 0 Å². The van der Waals surface area contributed by atoms with Gasteiger partial charge in [0.25, 0.3) is 0 Å². The van der Waals surface area contributed by atoms with Crippen LogP contribution in [0.25, 0.3) is 10.9 Å². The molecule has 3 nitrogen and oxygen atoms in total. The fourth-order valence-corrected chi connectivity index (χ4v) is 3.25. The molecule has 0 fully saturated rings. The van der Waals surface area contributed by atoms with E-state index in [1.54, 1.807) is 0 Å². The van der Waals surface area contributed by atoms with Gasteiger partial charge in [0.05, 0.1) is 6.61 Å². The van der Waals surface area contributed by atoms with Crippen molar-refractivity contribution < 1.29 is 4.74 Å². The number of pyridine rings is 1. The summed E-state index contributed by atoms with van der Waals surface area (Å²) in [5, 5.41) is 1.98. The Bertz CT molecular complexity index is 883. The Balaban J connectivity index is 2.04. The summed E-state index contributed by atoms with van der Waals surface area (Å²) >= 11 is 6.38. The van der Waals surface area contributed by atoms with Crippen LogP contribution >= 0.6 is 11.6 Å². The first kappa shape index (κ1) is 17.8. The molecule has 0 aliphatic rings. The van der Waals surface area contributed by atoms with Gasteiger partial charge < -0.3 is 9.30 Å². The molecule has 0 spiro atoms. The lowest BCUT2D eigenvalue weighted by Gasteiger charge is -2.13. The molecule has 2 heterocycles. The van der Waals surface area contributed by atoms with Crippen LogP contribution in [-0.4, -0.2) is 16.2 Å². The van der Waals surface area contributed by atoms with Gasteiger partial charge in [-0.2, -0.15) is 0 Å². The van der Waals surface area contributed by atoms with Crippen molar-refractivity contribution in [3.8, 4) is 5.88 Å². The molecule has 2 aromatic heterocycles. The Morgan fingerprint density at radius 3 is 2.64 bits per heavy atom. The molecule has 0 bridgehead atoms. The van der Waals surface area contributed by atoms with Gasteiger partial charge in [-0.25, -0.2) is 4.98 Å². The van der Waals surface area contributed by atoms with E-state index in [-0.39, 0.29) is 0 Å². The lowest BCUT2D eigenvalue weighted by Crippen LogP contribution is -2.07. The quantitative estimate of drug-likeness (QED) is 0.559. The predicted molar refractivity (Wildman–Crippen MR) is 105 cm³/mol. The Hall–Kier alpha value is -2.00. The summed E-state index contributed by atoms with van der Waals surface area (Å²) in [6.07, 6.45) is 2.85. The standard InChI is InChI=1S/C21H25ClN2O/c1-14(2)10-12-25-21-20-18(9-11-23-21)15(3)16(4)24(20)13-17-7-5-6-8-19(17)22/h5-9,11,14H,10,12-13H2,1-4H3. The van der Waals surface area contributed by atoms with E-state index < -0.39 is 0 Å². The first-order valence-electron chi connectivity index (χ1n) is 8.79. The average molecular weight is 357 g/mol. The summed E-state index contributed by atoms with van der Waals surface area (Å²) in [7, 11) is 0. The summed E-state index contributed by atoms with van der Waals surface area (Å²) in [6.45, 7) is 10.1. The molecule has 0 saturated heterocycles. The fraction of sp³-hybridized carbons (Fsp3) is 0.381. The van der Waals surface area contributed by atoms with Crippen LogP contribution in [0.5, 0.6) is 5.88 Å². The van der Waals surface area contributed by atoms with Crippen LogP contribution in [0.2, 0.25) is 5.02 Å². The molecular weight excluding hydrogens is 332 g/mol. The van der Waals surface area contributed by atoms with Crippen molar-refractivity contribution in [2.24, 2.45) is 5.92 Å². The smallest absolute Gasteiger partial charge is 0.238 e. The minimum atomic E-state index is 0.609. The summed E-state index contributed by atoms with van der Waals surface area (Å²) in [5.41, 5.74) is 4.64. The highest BCUT2D eigenvalue weighted by molar-refractivity contribution is 6.31. The van der Waals surface area contributed by atoms with Crippen LogP contribution in [0.3, 0.4) is 0 Å². The first-order valence-corrected chi connectivity index (χ1v) is 9.17. The maximum absolute atomic E-state index is 6.38. The van der Waals surface area contributed by atoms with E-state index in [9.17, 15) is 0 Å². The zero-order valence-corrected chi connectivity index (χ0v) is 16.1. The van der Waals surface area contributed by atoms with Gasteiger partial charge in [-0.1, -0.05) is 43.6 Å². The number of halogens is 1. The average Bonchev–Trinajstić information content (AvgIpc) is 2.82. The van der Waals surface area contributed by atoms with Crippen molar-refractivity contribution in [3.05, 3.63) is 58.4 Å². The number of benzene rings is 1. The van der Waals surface area contributed by atoms with Gasteiger partial charge >= 0.3 is 0 Å². The summed E-state index contributed by atoms with van der Waals surface area (Å²) in [6, 6.07) is 10.0. The van der Waals surface area contributed by atoms with Gasteiger partial charge in [0, 0.05) is 28.8 Å². The number of hydrogen-bond acceptors (Lipinski definition) is 2. The second-order valence-electron chi connectivity index (χ2n) is 6.93. The van der Waals surface area contributed by atoms with Gasteiger partial charge in [-0.05, 0) is 49.4 Å². The van der Waals surface area contributed by atoms with Gasteiger partial charge in [0.1, 0.15) is 5.52 Å². The molecule has 0 N–H and O–H groups in total. The maximum atomic E-state index is 6.38. The predicted octanol–water partition coefficient (Wildman–Crippen LogP) is 5.78. The lowest BCUT2D eigenvalue weighted by atomic mass is 10.1. The zero-order valence-electron chi connectivity index (χ0n) is 15.3. The number of nitrogens with zero attached hydrogens (tertiary/aromatic N) is 2. The van der Waals surface area contributed by atoms with Crippen LogP contribution < -0.4 is 4.74 Å². The Morgan fingerprint density at radius 1 is 1.16 bits per heavy atom. The molecule has 0 radical (unpaired) electrons. The molecule has 0 aliphatic heterocycles. The van der Waals surface area contributed by atoms with E-state index in [1.807, 2.05) is 24.4 Å². The molecule has 1 aromatic carbocycles. The third-order valence-corrected chi connectivity index (χ3v) is 5.10. The van der Waals surface area contributed by atoms with Crippen LogP contribution in [-0.2, 0) is 6.54 Å². The van der Waals surface area contributed by atoms with Crippen LogP contribution in [0.4, 0.5) is 0 Å². The van der Waals surface area contributed by atoms with Gasteiger partial charge in [0.15, 0.2) is 0 Å². The van der Waals surface area contributed by atoms with E-state index in [2.05, 4.69) is 49.4 Å². The first-order chi connectivity index (χ1) is 12.0. The monoisotopic (exact) mass is 356 g/mol. The van der Waals surface area contributed by atoms with E-state index in [4.69, 9.17) is 16.3 Å². The third-order valence-electron chi connectivity index (χ3n) is 4.73. The zero-order chi connectivity index (χ0) is 18.0. The largest absolute Gasteiger partial charge is 0.476 e. The van der Waals surface area contributed by atoms with Crippen LogP contribution in [0.15, 0.2) is 36.5 Å². The summed E-state index contributed by atoms with van der Waals surface area (Å²) in [4.78, 5) is 4.51. The van der Waals surface area contributed by atoms with Crippen molar-refractivity contribution >= 4 is 22.5 Å². The highest BCUT2D eigenvalue weighted by atomic mass is 35.5. The molecule has 3 rings (SSSR count). The number of aromatic nitrogens is 2. The van der Waals surface area contributed by atoms with Gasteiger partial charge in [-0.15, -0.1) is 0 Å². The molecule has 3 aromatic rings. The Labute approximate surface area is 154 Å². The number of rotatable bonds is 6. The van der Waals surface area contributed by atoms with Crippen molar-refractivity contribution in [2.45, 2.75) is 40.7 Å². The van der Waals surface area contributed by atoms with Crippen LogP contribution in [0.1, 0.15) is 37.1 Å². The number of hydrogen-bond donors (Lipinski definition) is 0. The van der Waals surface area contributed by atoms with E-state index in [0.29, 0.717) is 24.9 Å². The fourth-order valence-electron chi connectivity index (χ4n) is 3.05. The highest BCUT2D eigenvalue weighted by Gasteiger charge is 2.17. The minimum absolute atomic E-state index is 0.609. The van der Waals surface area contributed by atoms with Crippen molar-refractivity contribution in [3.63, 3.8) is 0 Å². The van der Waals surface area contributed by atoms with Crippen molar-refractivity contribution in [2.75, 3.05) is 6.61 Å². The Morgan fingerprint density at radius 2 is 1.92 bits per heavy atom. The molecule has 0 amide bonds. The normalized spacial score (nSPS) is 11.4. The summed E-state index contributed by atoms with van der Waals surface area (Å²) < 4.78 is 8.31. The van der Waals surface area contributed by atoms with Crippen LogP contribution in [0, 0.1) is 19.8 Å². The third kappa shape index (κ3) is 3.67. The highest BCUT2D eigenvalue weighted by Crippen LogP contribution is 2.32. The molecule has 25 heavy (non-hydrogen) atoms. The maximum Gasteiger partial charge on any atom is 0.238 e. The molecule has 0 atom stereocenters. The molecule has 4 heteroatoms. The number of aryl methyl sites for hydroxylation is 1. The van der Waals surface area contributed by atoms with Gasteiger partial charge in [0.2, 0.25) is 5.88 Å². The minimum Gasteiger partial charge on any atom is -0.476 e. The number of ether oxygens (including phenoxy) is 1. The summed E-state index contributed by atoms with van der Waals surface area (Å²) in [5.74, 6) is 1.32. The second-order valence-corrected chi connectivity index (χ2v) is 7.34. The molecule has 0 aliphatic carbocycles. The topological polar surface area (TPSA) is 27.1 Å². The van der Waals surface area contributed by atoms with E-state index in [1.165, 1.54) is 16.6 Å². The second kappa shape index (κ2) is 7.49. The van der Waals surface area contributed by atoms with E-state index in [0.717, 1.165) is 22.5 Å². The molecular formula is C21H25ClN2O. The Kier molecular flexibility index (Phi) is 5.33. The number of fused-ring (bicyclic) bond motifs is 1. The molecule has 0 saturated carbocycles. The molecule has 132 valence electrons. The molecule has 0 unspecified atom stereocenters. The lowest BCUT2D eigenvalue weighted by molar-refractivity contribution is 0.281.